The van der Waals surface area contributed by atoms with Gasteiger partial charge in [-0.05, 0) is 42.7 Å². The summed E-state index contributed by atoms with van der Waals surface area (Å²) in [6.45, 7) is 1.03. The number of amides is 3. The maximum atomic E-state index is 11.7. The van der Waals surface area contributed by atoms with Crippen molar-refractivity contribution < 1.29 is 9.59 Å². The zero-order valence-electron chi connectivity index (χ0n) is 15.7. The highest BCUT2D eigenvalue weighted by Gasteiger charge is 2.16. The topological polar surface area (TPSA) is 89.4 Å². The number of hydrogen-bond donors (Lipinski definition) is 2. The molecule has 0 aliphatic carbocycles. The molecule has 0 aliphatic rings. The molecule has 0 heterocycles. The van der Waals surface area contributed by atoms with E-state index >= 15 is 0 Å². The lowest BCUT2D eigenvalue weighted by atomic mass is 9.89. The Labute approximate surface area is 161 Å². The summed E-state index contributed by atoms with van der Waals surface area (Å²) in [5.41, 5.74) is 13.3. The second-order valence-electron chi connectivity index (χ2n) is 6.82. The third-order valence-corrected chi connectivity index (χ3v) is 4.81. The van der Waals surface area contributed by atoms with E-state index in [2.05, 4.69) is 36.4 Å². The molecule has 1 unspecified atom stereocenters. The first kappa shape index (κ1) is 20.5. The van der Waals surface area contributed by atoms with Crippen LogP contribution in [0.5, 0.6) is 0 Å². The van der Waals surface area contributed by atoms with Gasteiger partial charge in [0.2, 0.25) is 5.91 Å². The Morgan fingerprint density at radius 2 is 1.48 bits per heavy atom. The Balaban J connectivity index is 1.97. The van der Waals surface area contributed by atoms with Crippen LogP contribution in [0.1, 0.15) is 42.7 Å². The van der Waals surface area contributed by atoms with Crippen LogP contribution in [0.15, 0.2) is 60.7 Å². The minimum atomic E-state index is -0.450. The number of nitrogens with two attached hydrogens (primary N) is 2. The van der Waals surface area contributed by atoms with Gasteiger partial charge >= 0.3 is 6.03 Å². The zero-order chi connectivity index (χ0) is 19.5. The molecule has 2 rings (SSSR count). The predicted octanol–water partition coefficient (Wildman–Crippen LogP) is 3.44. The molecule has 0 aliphatic heterocycles. The number of aryl methyl sites for hydroxylation is 1. The van der Waals surface area contributed by atoms with E-state index in [1.165, 1.54) is 11.1 Å². The largest absolute Gasteiger partial charge is 0.370 e. The van der Waals surface area contributed by atoms with Gasteiger partial charge in [-0.3, -0.25) is 4.79 Å². The molecule has 0 fully saturated rings. The average molecular weight is 367 g/mol. The van der Waals surface area contributed by atoms with Crippen molar-refractivity contribution in [1.82, 2.24) is 4.90 Å². The van der Waals surface area contributed by atoms with Crippen LogP contribution in [0.25, 0.3) is 0 Å². The second-order valence-corrected chi connectivity index (χ2v) is 6.82. The van der Waals surface area contributed by atoms with E-state index < -0.39 is 6.03 Å². The van der Waals surface area contributed by atoms with Gasteiger partial charge in [-0.2, -0.15) is 0 Å². The molecule has 5 nitrogen and oxygen atoms in total. The molecule has 0 spiro atoms. The van der Waals surface area contributed by atoms with Crippen molar-refractivity contribution in [2.24, 2.45) is 11.5 Å². The molecule has 2 aromatic rings. The van der Waals surface area contributed by atoms with E-state index in [9.17, 15) is 9.59 Å². The number of carbonyl (C=O) groups excluding carboxylic acids is 2. The summed E-state index contributed by atoms with van der Waals surface area (Å²) in [6.07, 6.45) is 3.62. The molecule has 144 valence electrons. The van der Waals surface area contributed by atoms with Crippen LogP contribution < -0.4 is 11.5 Å². The summed E-state index contributed by atoms with van der Waals surface area (Å²) in [5, 5.41) is 0. The molecule has 0 radical (unpaired) electrons. The van der Waals surface area contributed by atoms with Gasteiger partial charge in [0.1, 0.15) is 0 Å². The first-order valence-corrected chi connectivity index (χ1v) is 9.48. The quantitative estimate of drug-likeness (QED) is 0.637. The zero-order valence-corrected chi connectivity index (χ0v) is 15.7. The number of rotatable bonds is 11. The minimum absolute atomic E-state index is 0.264. The van der Waals surface area contributed by atoms with Crippen molar-refractivity contribution in [3.8, 4) is 0 Å². The normalized spacial score (nSPS) is 11.7. The van der Waals surface area contributed by atoms with Crippen molar-refractivity contribution in [2.75, 3.05) is 13.1 Å². The van der Waals surface area contributed by atoms with Crippen LogP contribution in [0.2, 0.25) is 0 Å². The van der Waals surface area contributed by atoms with Gasteiger partial charge in [-0.25, -0.2) is 4.79 Å². The maximum Gasteiger partial charge on any atom is 0.314 e. The molecule has 5 heteroatoms. The number of primary amides is 2. The summed E-state index contributed by atoms with van der Waals surface area (Å²) in [6, 6.07) is 20.3. The lowest BCUT2D eigenvalue weighted by molar-refractivity contribution is -0.118. The third kappa shape index (κ3) is 7.52. The highest BCUT2D eigenvalue weighted by molar-refractivity contribution is 5.74. The first-order valence-electron chi connectivity index (χ1n) is 9.48. The molecule has 0 bridgehead atoms. The number of benzene rings is 2. The van der Waals surface area contributed by atoms with Crippen LogP contribution >= 0.6 is 0 Å². The fraction of sp³-hybridized carbons (Fsp3) is 0.364. The minimum Gasteiger partial charge on any atom is -0.370 e. The van der Waals surface area contributed by atoms with Crippen LogP contribution in [0.3, 0.4) is 0 Å². The smallest absolute Gasteiger partial charge is 0.314 e. The van der Waals surface area contributed by atoms with Gasteiger partial charge in [0, 0.05) is 19.5 Å². The lowest BCUT2D eigenvalue weighted by Gasteiger charge is -2.24. The van der Waals surface area contributed by atoms with Crippen molar-refractivity contribution in [3.05, 3.63) is 71.8 Å². The number of carbonyl (C=O) groups is 2. The summed E-state index contributed by atoms with van der Waals surface area (Å²) < 4.78 is 0. The van der Waals surface area contributed by atoms with E-state index in [4.69, 9.17) is 11.5 Å². The monoisotopic (exact) mass is 367 g/mol. The Morgan fingerprint density at radius 1 is 0.852 bits per heavy atom. The Kier molecular flexibility index (Phi) is 8.36. The first-order chi connectivity index (χ1) is 13.1. The van der Waals surface area contributed by atoms with Crippen LogP contribution in [0.4, 0.5) is 4.79 Å². The summed E-state index contributed by atoms with van der Waals surface area (Å²) >= 11 is 0. The van der Waals surface area contributed by atoms with Gasteiger partial charge in [-0.1, -0.05) is 60.7 Å². The van der Waals surface area contributed by atoms with Gasteiger partial charge in [-0.15, -0.1) is 0 Å². The predicted molar refractivity (Wildman–Crippen MR) is 108 cm³/mol. The number of hydrogen-bond acceptors (Lipinski definition) is 2. The van der Waals surface area contributed by atoms with Crippen molar-refractivity contribution >= 4 is 11.9 Å². The number of urea groups is 1. The Hall–Kier alpha value is -2.82. The summed E-state index contributed by atoms with van der Waals surface area (Å²) in [4.78, 5) is 24.3. The van der Waals surface area contributed by atoms with Gasteiger partial charge in [0.05, 0.1) is 0 Å². The van der Waals surface area contributed by atoms with E-state index in [1.807, 2.05) is 24.3 Å². The van der Waals surface area contributed by atoms with E-state index in [0.29, 0.717) is 25.4 Å². The lowest BCUT2D eigenvalue weighted by Crippen LogP contribution is -2.38. The molecule has 0 saturated heterocycles. The molecule has 3 amide bonds. The Morgan fingerprint density at radius 3 is 2.07 bits per heavy atom. The molecular weight excluding hydrogens is 338 g/mol. The molecule has 4 N–H and O–H groups in total. The fourth-order valence-electron chi connectivity index (χ4n) is 3.28. The van der Waals surface area contributed by atoms with Crippen LogP contribution in [0, 0.1) is 0 Å². The molecular formula is C22H29N3O2. The van der Waals surface area contributed by atoms with Crippen molar-refractivity contribution in [2.45, 2.75) is 38.0 Å². The molecule has 27 heavy (non-hydrogen) atoms. The van der Waals surface area contributed by atoms with Gasteiger partial charge < -0.3 is 16.4 Å². The average Bonchev–Trinajstić information content (AvgIpc) is 2.67. The summed E-state index contributed by atoms with van der Waals surface area (Å²) in [7, 11) is 0. The highest BCUT2D eigenvalue weighted by atomic mass is 16.2. The second kappa shape index (κ2) is 11.0. The van der Waals surface area contributed by atoms with Crippen molar-refractivity contribution in [1.29, 1.82) is 0 Å². The molecule has 0 aromatic heterocycles. The SMILES string of the molecule is NC(=O)CCCN(CCC(CCc1ccccc1)c1ccccc1)C(N)=O. The standard InChI is InChI=1S/C22H29N3O2/c23-21(26)12-7-16-25(22(24)27)17-15-20(19-10-5-2-6-11-19)14-13-18-8-3-1-4-9-18/h1-6,8-11,20H,7,12-17H2,(H2,23,26)(H2,24,27). The fourth-order valence-corrected chi connectivity index (χ4v) is 3.28. The molecule has 1 atom stereocenters. The van der Waals surface area contributed by atoms with E-state index in [0.717, 1.165) is 19.3 Å². The molecule has 0 saturated carbocycles. The molecule has 2 aromatic carbocycles. The van der Waals surface area contributed by atoms with Crippen LogP contribution in [-0.4, -0.2) is 29.9 Å². The van der Waals surface area contributed by atoms with E-state index in [1.54, 1.807) is 4.90 Å². The Bertz CT molecular complexity index is 704. The number of nitrogens with zero attached hydrogens (tertiary/aromatic N) is 1. The van der Waals surface area contributed by atoms with E-state index in [-0.39, 0.29) is 12.3 Å². The maximum absolute atomic E-state index is 11.7. The van der Waals surface area contributed by atoms with Gasteiger partial charge in [0.15, 0.2) is 0 Å². The van der Waals surface area contributed by atoms with Gasteiger partial charge in [0.25, 0.3) is 0 Å². The summed E-state index contributed by atoms with van der Waals surface area (Å²) in [5.74, 6) is -0.0196. The van der Waals surface area contributed by atoms with Crippen molar-refractivity contribution in [3.63, 3.8) is 0 Å². The third-order valence-electron chi connectivity index (χ3n) is 4.81. The highest BCUT2D eigenvalue weighted by Crippen LogP contribution is 2.25. The van der Waals surface area contributed by atoms with Crippen LogP contribution in [-0.2, 0) is 11.2 Å².